The van der Waals surface area contributed by atoms with Gasteiger partial charge in [-0.3, -0.25) is 5.43 Å². The van der Waals surface area contributed by atoms with Crippen LogP contribution in [0.3, 0.4) is 0 Å². The highest BCUT2D eigenvalue weighted by Gasteiger charge is 2.08. The minimum atomic E-state index is 0.109. The van der Waals surface area contributed by atoms with Crippen LogP contribution >= 0.6 is 11.3 Å². The van der Waals surface area contributed by atoms with Gasteiger partial charge >= 0.3 is 0 Å². The molecule has 0 saturated heterocycles. The van der Waals surface area contributed by atoms with Gasteiger partial charge in [-0.2, -0.15) is 5.10 Å². The fourth-order valence-electron chi connectivity index (χ4n) is 2.32. The van der Waals surface area contributed by atoms with Gasteiger partial charge in [0.1, 0.15) is 5.75 Å². The van der Waals surface area contributed by atoms with E-state index in [-0.39, 0.29) is 6.10 Å². The van der Waals surface area contributed by atoms with E-state index in [1.165, 1.54) is 11.3 Å². The summed E-state index contributed by atoms with van der Waals surface area (Å²) in [5.41, 5.74) is 4.94. The molecule has 0 unspecified atom stereocenters. The molecule has 1 N–H and O–H groups in total. The number of aromatic nitrogens is 1. The van der Waals surface area contributed by atoms with E-state index >= 15 is 0 Å². The molecule has 0 aliphatic heterocycles. The van der Waals surface area contributed by atoms with Crippen molar-refractivity contribution in [3.05, 3.63) is 53.0 Å². The lowest BCUT2D eigenvalue weighted by Gasteiger charge is -2.14. The van der Waals surface area contributed by atoms with Crippen molar-refractivity contribution in [3.8, 4) is 5.75 Å². The Morgan fingerprint density at radius 2 is 2.04 bits per heavy atom. The molecule has 0 radical (unpaired) electrons. The van der Waals surface area contributed by atoms with Crippen LogP contribution in [-0.4, -0.2) is 17.3 Å². The summed E-state index contributed by atoms with van der Waals surface area (Å²) in [6, 6.07) is 12.3. The summed E-state index contributed by atoms with van der Waals surface area (Å²) < 4.78 is 5.93. The van der Waals surface area contributed by atoms with Crippen LogP contribution in [0.1, 0.15) is 25.1 Å². The molecule has 0 fully saturated rings. The Morgan fingerprint density at radius 1 is 1.22 bits per heavy atom. The first-order valence-corrected chi connectivity index (χ1v) is 8.41. The zero-order valence-corrected chi connectivity index (χ0v) is 14.2. The summed E-state index contributed by atoms with van der Waals surface area (Å²) in [7, 11) is 0. The van der Waals surface area contributed by atoms with E-state index < -0.39 is 0 Å². The minimum Gasteiger partial charge on any atom is -0.490 e. The van der Waals surface area contributed by atoms with Crippen LogP contribution < -0.4 is 10.2 Å². The number of hydrogen-bond acceptors (Lipinski definition) is 5. The first kappa shape index (κ1) is 15.5. The third kappa shape index (κ3) is 3.68. The first-order chi connectivity index (χ1) is 11.1. The second kappa shape index (κ2) is 6.79. The second-order valence-corrected chi connectivity index (χ2v) is 6.39. The van der Waals surface area contributed by atoms with Gasteiger partial charge in [-0.1, -0.05) is 30.3 Å². The number of aryl methyl sites for hydroxylation is 1. The summed E-state index contributed by atoms with van der Waals surface area (Å²) in [5.74, 6) is 0.833. The van der Waals surface area contributed by atoms with E-state index in [0.717, 1.165) is 32.9 Å². The number of nitrogens with one attached hydrogen (secondary N) is 1. The van der Waals surface area contributed by atoms with Crippen LogP contribution in [0.25, 0.3) is 10.8 Å². The van der Waals surface area contributed by atoms with E-state index in [0.29, 0.717) is 0 Å². The molecular formula is C18H19N3OS. The summed E-state index contributed by atoms with van der Waals surface area (Å²) >= 11 is 1.54. The van der Waals surface area contributed by atoms with E-state index in [2.05, 4.69) is 33.7 Å². The van der Waals surface area contributed by atoms with Crippen LogP contribution in [0.2, 0.25) is 0 Å². The highest BCUT2D eigenvalue weighted by atomic mass is 32.1. The molecule has 0 saturated carbocycles. The minimum absolute atomic E-state index is 0.109. The van der Waals surface area contributed by atoms with Gasteiger partial charge in [0.15, 0.2) is 0 Å². The highest BCUT2D eigenvalue weighted by Crippen LogP contribution is 2.27. The number of rotatable bonds is 5. The van der Waals surface area contributed by atoms with Crippen LogP contribution in [0, 0.1) is 6.92 Å². The van der Waals surface area contributed by atoms with Gasteiger partial charge in [0, 0.05) is 10.9 Å². The van der Waals surface area contributed by atoms with Crippen molar-refractivity contribution in [2.24, 2.45) is 5.10 Å². The zero-order valence-electron chi connectivity index (χ0n) is 13.4. The van der Waals surface area contributed by atoms with Gasteiger partial charge in [-0.25, -0.2) is 4.98 Å². The van der Waals surface area contributed by atoms with E-state index in [9.17, 15) is 0 Å². The largest absolute Gasteiger partial charge is 0.490 e. The standard InChI is InChI=1S/C18H19N3OS/c1-12(2)22-17-9-8-14-6-4-5-7-15(14)16(17)10-19-21-18-20-13(3)11-23-18/h4-12H,1-3H3,(H,20,21). The molecule has 5 heteroatoms. The number of ether oxygens (including phenoxy) is 1. The smallest absolute Gasteiger partial charge is 0.203 e. The SMILES string of the molecule is Cc1csc(NN=Cc2c(OC(C)C)ccc3ccccc23)n1. The lowest BCUT2D eigenvalue weighted by Crippen LogP contribution is -2.08. The molecule has 0 amide bonds. The molecule has 0 atom stereocenters. The molecule has 0 aliphatic rings. The number of fused-ring (bicyclic) bond motifs is 1. The molecule has 2 aromatic carbocycles. The van der Waals surface area contributed by atoms with Crippen LogP contribution in [0.4, 0.5) is 5.13 Å². The Labute approximate surface area is 139 Å². The van der Waals surface area contributed by atoms with Crippen molar-refractivity contribution in [2.45, 2.75) is 26.9 Å². The molecule has 0 aliphatic carbocycles. The summed E-state index contributed by atoms with van der Waals surface area (Å²) in [6.07, 6.45) is 1.91. The first-order valence-electron chi connectivity index (χ1n) is 7.53. The summed E-state index contributed by atoms with van der Waals surface area (Å²) in [6.45, 7) is 6.00. The monoisotopic (exact) mass is 325 g/mol. The Morgan fingerprint density at radius 3 is 2.78 bits per heavy atom. The van der Waals surface area contributed by atoms with Crippen molar-refractivity contribution in [1.82, 2.24) is 4.98 Å². The van der Waals surface area contributed by atoms with Crippen molar-refractivity contribution >= 4 is 33.5 Å². The van der Waals surface area contributed by atoms with Crippen molar-refractivity contribution < 1.29 is 4.74 Å². The number of nitrogens with zero attached hydrogens (tertiary/aromatic N) is 2. The predicted molar refractivity (Wildman–Crippen MR) is 97.8 cm³/mol. The maximum absolute atomic E-state index is 5.93. The second-order valence-electron chi connectivity index (χ2n) is 5.53. The Balaban J connectivity index is 1.95. The van der Waals surface area contributed by atoms with Gasteiger partial charge in [0.05, 0.1) is 18.0 Å². The third-order valence-electron chi connectivity index (χ3n) is 3.27. The third-order valence-corrected chi connectivity index (χ3v) is 4.13. The lowest BCUT2D eigenvalue weighted by atomic mass is 10.0. The number of anilines is 1. The molecule has 23 heavy (non-hydrogen) atoms. The lowest BCUT2D eigenvalue weighted by molar-refractivity contribution is 0.242. The molecule has 0 bridgehead atoms. The maximum Gasteiger partial charge on any atom is 0.203 e. The Bertz CT molecular complexity index is 839. The van der Waals surface area contributed by atoms with E-state index in [1.807, 2.05) is 44.4 Å². The molecule has 118 valence electrons. The van der Waals surface area contributed by atoms with E-state index in [4.69, 9.17) is 4.74 Å². The molecule has 3 aromatic rings. The fraction of sp³-hybridized carbons (Fsp3) is 0.222. The van der Waals surface area contributed by atoms with Crippen LogP contribution in [0.5, 0.6) is 5.75 Å². The topological polar surface area (TPSA) is 46.5 Å². The van der Waals surface area contributed by atoms with Crippen molar-refractivity contribution in [1.29, 1.82) is 0 Å². The number of thiazole rings is 1. The van der Waals surface area contributed by atoms with Gasteiger partial charge in [-0.15, -0.1) is 11.3 Å². The summed E-state index contributed by atoms with van der Waals surface area (Å²) in [4.78, 5) is 4.34. The van der Waals surface area contributed by atoms with Gasteiger partial charge in [0.2, 0.25) is 5.13 Å². The normalized spacial score (nSPS) is 11.5. The zero-order chi connectivity index (χ0) is 16.2. The molecule has 4 nitrogen and oxygen atoms in total. The average Bonchev–Trinajstić information content (AvgIpc) is 2.94. The van der Waals surface area contributed by atoms with Crippen molar-refractivity contribution in [3.63, 3.8) is 0 Å². The maximum atomic E-state index is 5.93. The van der Waals surface area contributed by atoms with Crippen molar-refractivity contribution in [2.75, 3.05) is 5.43 Å². The Hall–Kier alpha value is -2.40. The number of hydrazone groups is 1. The molecule has 0 spiro atoms. The Kier molecular flexibility index (Phi) is 4.57. The molecule has 1 heterocycles. The molecular weight excluding hydrogens is 306 g/mol. The van der Waals surface area contributed by atoms with E-state index in [1.54, 1.807) is 6.21 Å². The van der Waals surface area contributed by atoms with Crippen LogP contribution in [-0.2, 0) is 0 Å². The number of hydrogen-bond donors (Lipinski definition) is 1. The highest BCUT2D eigenvalue weighted by molar-refractivity contribution is 7.13. The van der Waals surface area contributed by atoms with Gasteiger partial charge < -0.3 is 4.74 Å². The van der Waals surface area contributed by atoms with Gasteiger partial charge in [-0.05, 0) is 37.6 Å². The average molecular weight is 325 g/mol. The number of benzene rings is 2. The van der Waals surface area contributed by atoms with Crippen LogP contribution in [0.15, 0.2) is 46.9 Å². The molecule has 3 rings (SSSR count). The predicted octanol–water partition coefficient (Wildman–Crippen LogP) is 4.84. The van der Waals surface area contributed by atoms with Gasteiger partial charge in [0.25, 0.3) is 0 Å². The summed E-state index contributed by atoms with van der Waals surface area (Å²) in [5, 5.41) is 9.39. The fourth-order valence-corrected chi connectivity index (χ4v) is 2.96. The molecule has 1 aromatic heterocycles. The quantitative estimate of drug-likeness (QED) is 0.539.